The Morgan fingerprint density at radius 2 is 1.97 bits per heavy atom. The number of rotatable bonds is 3. The Bertz CT molecular complexity index is 1000. The molecular formula is C18H17ClF3N5O2. The van der Waals surface area contributed by atoms with E-state index in [2.05, 4.69) is 10.4 Å². The van der Waals surface area contributed by atoms with Gasteiger partial charge in [0.1, 0.15) is 11.2 Å². The molecule has 1 aliphatic heterocycles. The molecule has 0 saturated heterocycles. The largest absolute Gasteiger partial charge is 0.411 e. The molecule has 29 heavy (non-hydrogen) atoms. The lowest BCUT2D eigenvalue weighted by Gasteiger charge is -2.31. The Morgan fingerprint density at radius 1 is 1.24 bits per heavy atom. The summed E-state index contributed by atoms with van der Waals surface area (Å²) in [7, 11) is 0. The summed E-state index contributed by atoms with van der Waals surface area (Å²) in [6, 6.07) is 5.90. The number of nitrogens with zero attached hydrogens (tertiary/aromatic N) is 3. The van der Waals surface area contributed by atoms with Crippen LogP contribution in [0.3, 0.4) is 0 Å². The van der Waals surface area contributed by atoms with Crippen LogP contribution >= 0.6 is 11.6 Å². The number of hydrogen-bond acceptors (Lipinski definition) is 3. The van der Waals surface area contributed by atoms with Crippen molar-refractivity contribution in [3.05, 3.63) is 40.5 Å². The molecule has 1 aromatic heterocycles. The summed E-state index contributed by atoms with van der Waals surface area (Å²) in [6.07, 6.45) is -4.78. The summed E-state index contributed by atoms with van der Waals surface area (Å²) < 4.78 is 41.0. The molecule has 3 N–H and O–H groups in total. The number of benzene rings is 1. The van der Waals surface area contributed by atoms with Crippen molar-refractivity contribution in [2.75, 3.05) is 6.54 Å². The van der Waals surface area contributed by atoms with Crippen molar-refractivity contribution >= 4 is 23.5 Å². The maximum atomic E-state index is 13.1. The standard InChI is InChI=1S/C18H17ClF3N5O2/c19-11-3-1-2-10(8-11)14-13(15(23)28)12-9-26(6-7-27(12)25-14)16(29)24-17(4-5-17)18(20,21)22/h1-3,8H,4-7,9H2,(H2,23,28)(H,24,29). The number of amides is 3. The van der Waals surface area contributed by atoms with Crippen LogP contribution < -0.4 is 11.1 Å². The van der Waals surface area contributed by atoms with E-state index in [9.17, 15) is 22.8 Å². The second-order valence-electron chi connectivity index (χ2n) is 7.20. The molecule has 0 bridgehead atoms. The van der Waals surface area contributed by atoms with Gasteiger partial charge in [0.15, 0.2) is 0 Å². The molecule has 1 aliphatic carbocycles. The molecule has 0 atom stereocenters. The topological polar surface area (TPSA) is 93.2 Å². The number of carbonyl (C=O) groups is 2. The first-order chi connectivity index (χ1) is 13.6. The molecule has 2 heterocycles. The number of hydrogen-bond donors (Lipinski definition) is 2. The molecule has 2 aliphatic rings. The zero-order valence-corrected chi connectivity index (χ0v) is 15.8. The summed E-state index contributed by atoms with van der Waals surface area (Å²) in [5.41, 5.74) is 4.82. The first-order valence-electron chi connectivity index (χ1n) is 8.90. The van der Waals surface area contributed by atoms with Crippen molar-refractivity contribution in [3.63, 3.8) is 0 Å². The normalized spacial score (nSPS) is 17.6. The van der Waals surface area contributed by atoms with E-state index >= 15 is 0 Å². The van der Waals surface area contributed by atoms with E-state index in [1.54, 1.807) is 28.9 Å². The van der Waals surface area contributed by atoms with Gasteiger partial charge < -0.3 is 16.0 Å². The Hall–Kier alpha value is -2.75. The third-order valence-electron chi connectivity index (χ3n) is 5.25. The zero-order valence-electron chi connectivity index (χ0n) is 15.1. The van der Waals surface area contributed by atoms with Gasteiger partial charge in [0.05, 0.1) is 24.3 Å². The Kier molecular flexibility index (Phi) is 4.49. The highest BCUT2D eigenvalue weighted by Crippen LogP contribution is 2.49. The first-order valence-corrected chi connectivity index (χ1v) is 9.28. The summed E-state index contributed by atoms with van der Waals surface area (Å²) in [5.74, 6) is -0.738. The Morgan fingerprint density at radius 3 is 2.55 bits per heavy atom. The minimum absolute atomic E-state index is 0.0778. The lowest BCUT2D eigenvalue weighted by atomic mass is 10.0. The van der Waals surface area contributed by atoms with E-state index in [-0.39, 0.29) is 38.0 Å². The number of nitrogens with two attached hydrogens (primary N) is 1. The highest BCUT2D eigenvalue weighted by Gasteiger charge is 2.64. The van der Waals surface area contributed by atoms with Crippen LogP contribution in [0, 0.1) is 0 Å². The fourth-order valence-corrected chi connectivity index (χ4v) is 3.67. The van der Waals surface area contributed by atoms with Crippen molar-refractivity contribution in [1.29, 1.82) is 0 Å². The number of halogens is 4. The van der Waals surface area contributed by atoms with Crippen molar-refractivity contribution in [2.45, 2.75) is 37.6 Å². The molecule has 11 heteroatoms. The zero-order chi connectivity index (χ0) is 21.0. The molecule has 1 saturated carbocycles. The number of urea groups is 1. The van der Waals surface area contributed by atoms with Crippen LogP contribution in [0.1, 0.15) is 28.9 Å². The van der Waals surface area contributed by atoms with Gasteiger partial charge in [-0.05, 0) is 25.0 Å². The average molecular weight is 428 g/mol. The second-order valence-corrected chi connectivity index (χ2v) is 7.64. The fraction of sp³-hybridized carbons (Fsp3) is 0.389. The second kappa shape index (κ2) is 6.65. The quantitative estimate of drug-likeness (QED) is 0.788. The van der Waals surface area contributed by atoms with Gasteiger partial charge >= 0.3 is 12.2 Å². The third-order valence-corrected chi connectivity index (χ3v) is 5.49. The fourth-order valence-electron chi connectivity index (χ4n) is 3.48. The van der Waals surface area contributed by atoms with Crippen molar-refractivity contribution in [1.82, 2.24) is 20.0 Å². The van der Waals surface area contributed by atoms with Gasteiger partial charge in [-0.3, -0.25) is 9.48 Å². The van der Waals surface area contributed by atoms with Crippen molar-refractivity contribution in [2.24, 2.45) is 5.73 Å². The monoisotopic (exact) mass is 427 g/mol. The molecule has 1 fully saturated rings. The highest BCUT2D eigenvalue weighted by atomic mass is 35.5. The van der Waals surface area contributed by atoms with E-state index < -0.39 is 23.7 Å². The third kappa shape index (κ3) is 3.41. The SMILES string of the molecule is NC(=O)c1c(-c2cccc(Cl)c2)nn2c1CN(C(=O)NC1(C(F)(F)F)CC1)CC2. The smallest absolute Gasteiger partial charge is 0.365 e. The Labute approximate surface area is 168 Å². The van der Waals surface area contributed by atoms with Crippen LogP contribution in [0.4, 0.5) is 18.0 Å². The lowest BCUT2D eigenvalue weighted by molar-refractivity contribution is -0.163. The molecule has 0 unspecified atom stereocenters. The number of aromatic nitrogens is 2. The molecule has 0 radical (unpaired) electrons. The summed E-state index contributed by atoms with van der Waals surface area (Å²) >= 11 is 6.02. The van der Waals surface area contributed by atoms with Crippen LogP contribution in [0.2, 0.25) is 5.02 Å². The maximum Gasteiger partial charge on any atom is 0.411 e. The molecule has 7 nitrogen and oxygen atoms in total. The van der Waals surface area contributed by atoms with E-state index in [1.165, 1.54) is 4.90 Å². The number of primary amides is 1. The van der Waals surface area contributed by atoms with Gasteiger partial charge in [-0.2, -0.15) is 18.3 Å². The Balaban J connectivity index is 1.62. The molecular weight excluding hydrogens is 411 g/mol. The lowest BCUT2D eigenvalue weighted by Crippen LogP contribution is -2.54. The van der Waals surface area contributed by atoms with E-state index in [0.29, 0.717) is 22.0 Å². The maximum absolute atomic E-state index is 13.1. The van der Waals surface area contributed by atoms with E-state index in [4.69, 9.17) is 17.3 Å². The van der Waals surface area contributed by atoms with Gasteiger partial charge in [0.2, 0.25) is 0 Å². The van der Waals surface area contributed by atoms with Gasteiger partial charge in [0, 0.05) is 17.1 Å². The van der Waals surface area contributed by atoms with Crippen LogP contribution in [0.5, 0.6) is 0 Å². The van der Waals surface area contributed by atoms with Crippen molar-refractivity contribution < 1.29 is 22.8 Å². The summed E-state index contributed by atoms with van der Waals surface area (Å²) in [5, 5.41) is 6.97. The average Bonchev–Trinajstić information content (AvgIpc) is 3.33. The number of nitrogens with one attached hydrogen (secondary N) is 1. The predicted molar refractivity (Wildman–Crippen MR) is 98.2 cm³/mol. The summed E-state index contributed by atoms with van der Waals surface area (Å²) in [6.45, 7) is 0.301. The number of carbonyl (C=O) groups excluding carboxylic acids is 2. The highest BCUT2D eigenvalue weighted by molar-refractivity contribution is 6.30. The van der Waals surface area contributed by atoms with Gasteiger partial charge in [-0.1, -0.05) is 23.7 Å². The minimum Gasteiger partial charge on any atom is -0.365 e. The number of alkyl halides is 3. The number of fused-ring (bicyclic) bond motifs is 1. The molecule has 1 aromatic carbocycles. The first kappa shape index (κ1) is 19.6. The molecule has 4 rings (SSSR count). The summed E-state index contributed by atoms with van der Waals surface area (Å²) in [4.78, 5) is 25.8. The van der Waals surface area contributed by atoms with E-state index in [0.717, 1.165) is 0 Å². The van der Waals surface area contributed by atoms with Crippen molar-refractivity contribution in [3.8, 4) is 11.3 Å². The molecule has 154 valence electrons. The van der Waals surface area contributed by atoms with Crippen LogP contribution in [-0.2, 0) is 13.1 Å². The van der Waals surface area contributed by atoms with Gasteiger partial charge in [-0.25, -0.2) is 4.79 Å². The molecule has 0 spiro atoms. The molecule has 3 amide bonds. The minimum atomic E-state index is -4.50. The van der Waals surface area contributed by atoms with Crippen LogP contribution in [-0.4, -0.2) is 44.9 Å². The predicted octanol–water partition coefficient (Wildman–Crippen LogP) is 2.92. The molecule has 2 aromatic rings. The van der Waals surface area contributed by atoms with Crippen LogP contribution in [0.15, 0.2) is 24.3 Å². The van der Waals surface area contributed by atoms with Gasteiger partial charge in [0.25, 0.3) is 5.91 Å². The van der Waals surface area contributed by atoms with Gasteiger partial charge in [-0.15, -0.1) is 0 Å². The van der Waals surface area contributed by atoms with Crippen LogP contribution in [0.25, 0.3) is 11.3 Å². The van der Waals surface area contributed by atoms with E-state index in [1.807, 2.05) is 0 Å².